The number of nitro groups is 1. The number of hydrogen-bond acceptors (Lipinski definition) is 5. The van der Waals surface area contributed by atoms with E-state index in [4.69, 9.17) is 0 Å². The first-order chi connectivity index (χ1) is 8.70. The standard InChI is InChI=1S/C12H17N3O2S/c1-18-13-10-6-8-14(9-7-10)11-2-4-12(5-3-11)15(16)17/h2-5,10,13H,6-9H2,1H3. The topological polar surface area (TPSA) is 58.4 Å². The predicted octanol–water partition coefficient (Wildman–Crippen LogP) is 2.43. The van der Waals surface area contributed by atoms with E-state index in [2.05, 4.69) is 9.62 Å². The third-order valence-electron chi connectivity index (χ3n) is 3.21. The molecular formula is C12H17N3O2S. The van der Waals surface area contributed by atoms with Gasteiger partial charge < -0.3 is 4.90 Å². The quantitative estimate of drug-likeness (QED) is 0.516. The minimum atomic E-state index is -0.363. The number of benzene rings is 1. The van der Waals surface area contributed by atoms with Crippen molar-refractivity contribution in [2.24, 2.45) is 0 Å². The molecule has 0 bridgehead atoms. The van der Waals surface area contributed by atoms with E-state index in [0.717, 1.165) is 31.6 Å². The van der Waals surface area contributed by atoms with Gasteiger partial charge in [0.05, 0.1) is 4.92 Å². The molecule has 1 heterocycles. The van der Waals surface area contributed by atoms with E-state index in [1.54, 1.807) is 24.1 Å². The summed E-state index contributed by atoms with van der Waals surface area (Å²) in [7, 11) is 0. The van der Waals surface area contributed by atoms with E-state index in [-0.39, 0.29) is 10.6 Å². The van der Waals surface area contributed by atoms with Crippen LogP contribution in [-0.4, -0.2) is 30.3 Å². The van der Waals surface area contributed by atoms with Crippen molar-refractivity contribution in [2.75, 3.05) is 24.2 Å². The summed E-state index contributed by atoms with van der Waals surface area (Å²) < 4.78 is 3.38. The van der Waals surface area contributed by atoms with Gasteiger partial charge in [-0.3, -0.25) is 14.8 Å². The molecule has 0 unspecified atom stereocenters. The Morgan fingerprint density at radius 1 is 1.33 bits per heavy atom. The normalized spacial score (nSPS) is 16.8. The van der Waals surface area contributed by atoms with Gasteiger partial charge in [-0.25, -0.2) is 0 Å². The predicted molar refractivity (Wildman–Crippen MR) is 75.0 cm³/mol. The van der Waals surface area contributed by atoms with Crippen LogP contribution in [0.3, 0.4) is 0 Å². The minimum absolute atomic E-state index is 0.151. The molecule has 0 atom stereocenters. The van der Waals surface area contributed by atoms with Gasteiger partial charge in [-0.1, -0.05) is 11.9 Å². The van der Waals surface area contributed by atoms with Crippen LogP contribution in [0.4, 0.5) is 11.4 Å². The van der Waals surface area contributed by atoms with Crippen LogP contribution in [0.5, 0.6) is 0 Å². The zero-order chi connectivity index (χ0) is 13.0. The lowest BCUT2D eigenvalue weighted by Gasteiger charge is -2.33. The Kier molecular flexibility index (Phi) is 4.43. The third kappa shape index (κ3) is 3.14. The Morgan fingerprint density at radius 3 is 2.44 bits per heavy atom. The monoisotopic (exact) mass is 267 g/mol. The Balaban J connectivity index is 1.95. The van der Waals surface area contributed by atoms with Crippen molar-refractivity contribution in [1.82, 2.24) is 4.72 Å². The van der Waals surface area contributed by atoms with Crippen molar-refractivity contribution in [3.8, 4) is 0 Å². The fraction of sp³-hybridized carbons (Fsp3) is 0.500. The highest BCUT2D eigenvalue weighted by Gasteiger charge is 2.19. The second kappa shape index (κ2) is 6.06. The fourth-order valence-corrected chi connectivity index (χ4v) is 2.78. The molecule has 1 aliphatic heterocycles. The molecule has 0 saturated carbocycles. The SMILES string of the molecule is CSNC1CCN(c2ccc([N+](=O)[O-])cc2)CC1. The van der Waals surface area contributed by atoms with Gasteiger partial charge in [0.15, 0.2) is 0 Å². The summed E-state index contributed by atoms with van der Waals surface area (Å²) in [6.07, 6.45) is 4.26. The van der Waals surface area contributed by atoms with Crippen molar-refractivity contribution in [2.45, 2.75) is 18.9 Å². The maximum absolute atomic E-state index is 10.6. The van der Waals surface area contributed by atoms with Crippen LogP contribution in [0.25, 0.3) is 0 Å². The van der Waals surface area contributed by atoms with Crippen molar-refractivity contribution < 1.29 is 4.92 Å². The van der Waals surface area contributed by atoms with Gasteiger partial charge in [0, 0.05) is 37.0 Å². The highest BCUT2D eigenvalue weighted by Crippen LogP contribution is 2.23. The van der Waals surface area contributed by atoms with Crippen LogP contribution in [-0.2, 0) is 0 Å². The average Bonchev–Trinajstić information content (AvgIpc) is 2.40. The molecule has 0 aliphatic carbocycles. The lowest BCUT2D eigenvalue weighted by atomic mass is 10.1. The van der Waals surface area contributed by atoms with E-state index in [0.29, 0.717) is 6.04 Å². The van der Waals surface area contributed by atoms with E-state index < -0.39 is 0 Å². The summed E-state index contributed by atoms with van der Waals surface area (Å²) >= 11 is 1.67. The minimum Gasteiger partial charge on any atom is -0.371 e. The number of nitrogens with zero attached hydrogens (tertiary/aromatic N) is 2. The van der Waals surface area contributed by atoms with E-state index in [1.807, 2.05) is 18.4 Å². The van der Waals surface area contributed by atoms with E-state index in [9.17, 15) is 10.1 Å². The molecule has 1 aromatic rings. The summed E-state index contributed by atoms with van der Waals surface area (Å²) in [6.45, 7) is 1.99. The van der Waals surface area contributed by atoms with Crippen molar-refractivity contribution in [3.05, 3.63) is 34.4 Å². The molecule has 98 valence electrons. The average molecular weight is 267 g/mol. The summed E-state index contributed by atoms with van der Waals surface area (Å²) in [5.74, 6) is 0. The van der Waals surface area contributed by atoms with Gasteiger partial charge in [0.2, 0.25) is 0 Å². The van der Waals surface area contributed by atoms with Crippen LogP contribution in [0.1, 0.15) is 12.8 Å². The molecule has 0 spiro atoms. The van der Waals surface area contributed by atoms with Crippen LogP contribution < -0.4 is 9.62 Å². The van der Waals surface area contributed by atoms with Crippen molar-refractivity contribution in [3.63, 3.8) is 0 Å². The number of nitrogens with one attached hydrogen (secondary N) is 1. The summed E-state index contributed by atoms with van der Waals surface area (Å²) in [6, 6.07) is 7.39. The maximum atomic E-state index is 10.6. The molecule has 2 rings (SSSR count). The second-order valence-electron chi connectivity index (χ2n) is 4.36. The maximum Gasteiger partial charge on any atom is 0.269 e. The van der Waals surface area contributed by atoms with Crippen molar-refractivity contribution >= 4 is 23.3 Å². The number of hydrogen-bond donors (Lipinski definition) is 1. The molecule has 5 nitrogen and oxygen atoms in total. The Hall–Kier alpha value is -1.27. The van der Waals surface area contributed by atoms with Crippen LogP contribution in [0, 0.1) is 10.1 Å². The smallest absolute Gasteiger partial charge is 0.269 e. The highest BCUT2D eigenvalue weighted by atomic mass is 32.2. The van der Waals surface area contributed by atoms with Gasteiger partial charge in [-0.05, 0) is 31.2 Å². The van der Waals surface area contributed by atoms with Gasteiger partial charge in [0.25, 0.3) is 5.69 Å². The summed E-state index contributed by atoms with van der Waals surface area (Å²) in [5, 5.41) is 10.6. The zero-order valence-corrected chi connectivity index (χ0v) is 11.2. The number of nitro benzene ring substituents is 1. The first kappa shape index (κ1) is 13.2. The van der Waals surface area contributed by atoms with Crippen molar-refractivity contribution in [1.29, 1.82) is 0 Å². The molecule has 1 N–H and O–H groups in total. The molecule has 1 aromatic carbocycles. The number of non-ortho nitro benzene ring substituents is 1. The van der Waals surface area contributed by atoms with Crippen LogP contribution >= 0.6 is 11.9 Å². The lowest BCUT2D eigenvalue weighted by Crippen LogP contribution is -2.40. The second-order valence-corrected chi connectivity index (χ2v) is 5.00. The molecule has 6 heteroatoms. The molecular weight excluding hydrogens is 250 g/mol. The highest BCUT2D eigenvalue weighted by molar-refractivity contribution is 7.96. The molecule has 0 amide bonds. The van der Waals surface area contributed by atoms with Gasteiger partial charge >= 0.3 is 0 Å². The zero-order valence-electron chi connectivity index (χ0n) is 10.3. The lowest BCUT2D eigenvalue weighted by molar-refractivity contribution is -0.384. The van der Waals surface area contributed by atoms with E-state index >= 15 is 0 Å². The Bertz CT molecular complexity index is 402. The molecule has 1 fully saturated rings. The molecule has 0 aromatic heterocycles. The first-order valence-corrected chi connectivity index (χ1v) is 7.21. The largest absolute Gasteiger partial charge is 0.371 e. The Labute approximate surface area is 111 Å². The third-order valence-corrected chi connectivity index (χ3v) is 3.77. The van der Waals surface area contributed by atoms with Gasteiger partial charge in [-0.2, -0.15) is 0 Å². The number of anilines is 1. The van der Waals surface area contributed by atoms with Crippen LogP contribution in [0.15, 0.2) is 24.3 Å². The summed E-state index contributed by atoms with van der Waals surface area (Å²) in [4.78, 5) is 12.5. The fourth-order valence-electron chi connectivity index (χ4n) is 2.21. The molecule has 1 saturated heterocycles. The first-order valence-electron chi connectivity index (χ1n) is 5.98. The summed E-state index contributed by atoms with van der Waals surface area (Å²) in [5.41, 5.74) is 1.22. The molecule has 18 heavy (non-hydrogen) atoms. The molecule has 0 radical (unpaired) electrons. The number of piperidine rings is 1. The Morgan fingerprint density at radius 2 is 1.94 bits per heavy atom. The van der Waals surface area contributed by atoms with Gasteiger partial charge in [0.1, 0.15) is 0 Å². The van der Waals surface area contributed by atoms with Crippen LogP contribution in [0.2, 0.25) is 0 Å². The number of rotatable bonds is 4. The van der Waals surface area contributed by atoms with Gasteiger partial charge in [-0.15, -0.1) is 0 Å². The van der Waals surface area contributed by atoms with E-state index in [1.165, 1.54) is 0 Å². The molecule has 1 aliphatic rings.